The molecule has 1 aromatic rings. The van der Waals surface area contributed by atoms with Gasteiger partial charge in [-0.1, -0.05) is 6.07 Å². The van der Waals surface area contributed by atoms with Crippen molar-refractivity contribution in [3.63, 3.8) is 0 Å². The van der Waals surface area contributed by atoms with Gasteiger partial charge in [0.05, 0.1) is 19.3 Å². The Morgan fingerprint density at radius 2 is 2.24 bits per heavy atom. The van der Waals surface area contributed by atoms with Gasteiger partial charge in [0, 0.05) is 25.7 Å². The van der Waals surface area contributed by atoms with Crippen molar-refractivity contribution in [2.75, 3.05) is 26.7 Å². The number of rotatable bonds is 7. The first-order chi connectivity index (χ1) is 8.15. The highest BCUT2D eigenvalue weighted by molar-refractivity contribution is 5.15. The number of halogens is 2. The number of nitrogens with two attached hydrogens (primary N) is 1. The lowest BCUT2D eigenvalue weighted by Crippen LogP contribution is -2.33. The van der Waals surface area contributed by atoms with Crippen molar-refractivity contribution in [2.45, 2.75) is 13.0 Å². The minimum atomic E-state index is -2.37. The summed E-state index contributed by atoms with van der Waals surface area (Å²) in [5.74, 6) is 0.479. The molecule has 0 aliphatic carbocycles. The summed E-state index contributed by atoms with van der Waals surface area (Å²) in [5.41, 5.74) is 6.08. The molecule has 0 bridgehead atoms. The predicted octanol–water partition coefficient (Wildman–Crippen LogP) is 1.12. The van der Waals surface area contributed by atoms with E-state index in [0.717, 1.165) is 0 Å². The van der Waals surface area contributed by atoms with Crippen molar-refractivity contribution in [1.82, 2.24) is 9.88 Å². The lowest BCUT2D eigenvalue weighted by molar-refractivity contribution is 0.0856. The lowest BCUT2D eigenvalue weighted by atomic mass is 10.3. The van der Waals surface area contributed by atoms with Crippen LogP contribution in [0, 0.1) is 0 Å². The van der Waals surface area contributed by atoms with Crippen molar-refractivity contribution < 1.29 is 13.5 Å². The van der Waals surface area contributed by atoms with Crippen LogP contribution in [-0.2, 0) is 6.54 Å². The second-order valence-corrected chi connectivity index (χ2v) is 3.59. The number of aromatic nitrogens is 1. The molecule has 0 radical (unpaired) electrons. The third-order valence-electron chi connectivity index (χ3n) is 2.22. The summed E-state index contributed by atoms with van der Waals surface area (Å²) < 4.78 is 29.6. The minimum Gasteiger partial charge on any atom is -0.481 e. The number of methoxy groups -OCH3 is 1. The summed E-state index contributed by atoms with van der Waals surface area (Å²) in [7, 11) is 1.52. The Morgan fingerprint density at radius 1 is 1.47 bits per heavy atom. The van der Waals surface area contributed by atoms with Crippen molar-refractivity contribution >= 4 is 0 Å². The fourth-order valence-corrected chi connectivity index (χ4v) is 1.50. The highest BCUT2D eigenvalue weighted by atomic mass is 19.3. The van der Waals surface area contributed by atoms with Gasteiger partial charge >= 0.3 is 0 Å². The lowest BCUT2D eigenvalue weighted by Gasteiger charge is -2.20. The maximum atomic E-state index is 12.3. The molecule has 1 heterocycles. The molecule has 0 atom stereocenters. The zero-order valence-electron chi connectivity index (χ0n) is 9.77. The smallest absolute Gasteiger partial charge is 0.251 e. The molecule has 0 unspecified atom stereocenters. The van der Waals surface area contributed by atoms with E-state index in [1.807, 2.05) is 0 Å². The standard InChI is InChI=1S/C11H17F2N3O/c1-17-11-4-2-3-9(15-11)7-16(6-5-14)8-10(12)13/h2-4,10H,5-8,14H2,1H3. The summed E-state index contributed by atoms with van der Waals surface area (Å²) >= 11 is 0. The molecule has 0 aliphatic rings. The molecule has 0 amide bonds. The SMILES string of the molecule is COc1cccc(CN(CCN)CC(F)F)n1. The molecule has 96 valence electrons. The summed E-state index contributed by atoms with van der Waals surface area (Å²) in [4.78, 5) is 5.75. The van der Waals surface area contributed by atoms with E-state index in [2.05, 4.69) is 4.98 Å². The molecule has 0 spiro atoms. The number of pyridine rings is 1. The highest BCUT2D eigenvalue weighted by Crippen LogP contribution is 2.09. The van der Waals surface area contributed by atoms with Crippen LogP contribution in [0.3, 0.4) is 0 Å². The number of hydrogen-bond donors (Lipinski definition) is 1. The summed E-state index contributed by atoms with van der Waals surface area (Å²) in [6.45, 7) is 0.814. The maximum absolute atomic E-state index is 12.3. The van der Waals surface area contributed by atoms with Crippen LogP contribution in [0.25, 0.3) is 0 Å². The van der Waals surface area contributed by atoms with E-state index < -0.39 is 6.43 Å². The van der Waals surface area contributed by atoms with Crippen LogP contribution in [0.4, 0.5) is 8.78 Å². The van der Waals surface area contributed by atoms with Gasteiger partial charge in [-0.15, -0.1) is 0 Å². The van der Waals surface area contributed by atoms with Crippen molar-refractivity contribution in [3.8, 4) is 5.88 Å². The van der Waals surface area contributed by atoms with E-state index in [1.54, 1.807) is 23.1 Å². The Bertz CT molecular complexity index is 336. The molecule has 6 heteroatoms. The van der Waals surface area contributed by atoms with E-state index in [-0.39, 0.29) is 6.54 Å². The van der Waals surface area contributed by atoms with Crippen LogP contribution in [0.2, 0.25) is 0 Å². The van der Waals surface area contributed by atoms with Gasteiger partial charge in [0.15, 0.2) is 0 Å². The first-order valence-corrected chi connectivity index (χ1v) is 5.36. The molecule has 1 rings (SSSR count). The van der Waals surface area contributed by atoms with E-state index in [0.29, 0.717) is 31.2 Å². The van der Waals surface area contributed by atoms with Crippen molar-refractivity contribution in [3.05, 3.63) is 23.9 Å². The van der Waals surface area contributed by atoms with E-state index in [1.165, 1.54) is 7.11 Å². The van der Waals surface area contributed by atoms with Gasteiger partial charge in [0.1, 0.15) is 0 Å². The Hall–Kier alpha value is -1.27. The second kappa shape index (κ2) is 7.13. The van der Waals surface area contributed by atoms with Gasteiger partial charge in [-0.3, -0.25) is 4.90 Å². The van der Waals surface area contributed by atoms with Crippen molar-refractivity contribution in [2.24, 2.45) is 5.73 Å². The predicted molar refractivity (Wildman–Crippen MR) is 61.1 cm³/mol. The number of ether oxygens (including phenoxy) is 1. The zero-order valence-corrected chi connectivity index (χ0v) is 9.77. The van der Waals surface area contributed by atoms with Gasteiger partial charge in [-0.2, -0.15) is 0 Å². The van der Waals surface area contributed by atoms with Gasteiger partial charge in [0.25, 0.3) is 6.43 Å². The van der Waals surface area contributed by atoms with Gasteiger partial charge in [0.2, 0.25) is 5.88 Å². The van der Waals surface area contributed by atoms with E-state index in [9.17, 15) is 8.78 Å². The van der Waals surface area contributed by atoms with E-state index in [4.69, 9.17) is 10.5 Å². The molecule has 0 saturated heterocycles. The molecule has 1 aromatic heterocycles. The Balaban J connectivity index is 2.64. The van der Waals surface area contributed by atoms with E-state index >= 15 is 0 Å². The third-order valence-corrected chi connectivity index (χ3v) is 2.22. The number of alkyl halides is 2. The largest absolute Gasteiger partial charge is 0.481 e. The topological polar surface area (TPSA) is 51.4 Å². The molecule has 0 aliphatic heterocycles. The highest BCUT2D eigenvalue weighted by Gasteiger charge is 2.12. The average molecular weight is 245 g/mol. The molecular weight excluding hydrogens is 228 g/mol. The van der Waals surface area contributed by atoms with Crippen LogP contribution in [-0.4, -0.2) is 43.1 Å². The quantitative estimate of drug-likeness (QED) is 0.782. The maximum Gasteiger partial charge on any atom is 0.251 e. The van der Waals surface area contributed by atoms with Crippen molar-refractivity contribution in [1.29, 1.82) is 0 Å². The second-order valence-electron chi connectivity index (χ2n) is 3.59. The molecule has 17 heavy (non-hydrogen) atoms. The number of nitrogens with zero attached hydrogens (tertiary/aromatic N) is 2. The molecule has 2 N–H and O–H groups in total. The molecule has 0 saturated carbocycles. The normalized spacial score (nSPS) is 11.2. The fraction of sp³-hybridized carbons (Fsp3) is 0.545. The summed E-state index contributed by atoms with van der Waals surface area (Å²) in [6.07, 6.45) is -2.37. The third kappa shape index (κ3) is 5.06. The van der Waals surface area contributed by atoms with Crippen LogP contribution in [0.5, 0.6) is 5.88 Å². The van der Waals surface area contributed by atoms with Gasteiger partial charge in [-0.25, -0.2) is 13.8 Å². The molecule has 0 aromatic carbocycles. The van der Waals surface area contributed by atoms with Gasteiger partial charge < -0.3 is 10.5 Å². The Kier molecular flexibility index (Phi) is 5.79. The zero-order chi connectivity index (χ0) is 12.7. The average Bonchev–Trinajstić information content (AvgIpc) is 2.29. The monoisotopic (exact) mass is 245 g/mol. The molecular formula is C11H17F2N3O. The van der Waals surface area contributed by atoms with Crippen LogP contribution < -0.4 is 10.5 Å². The fourth-order valence-electron chi connectivity index (χ4n) is 1.50. The van der Waals surface area contributed by atoms with Crippen LogP contribution in [0.15, 0.2) is 18.2 Å². The minimum absolute atomic E-state index is 0.296. The Morgan fingerprint density at radius 3 is 2.82 bits per heavy atom. The Labute approximate surface area is 99.4 Å². The first-order valence-electron chi connectivity index (χ1n) is 5.36. The molecule has 0 fully saturated rings. The summed E-state index contributed by atoms with van der Waals surface area (Å²) in [6, 6.07) is 5.27. The molecule has 4 nitrogen and oxygen atoms in total. The van der Waals surface area contributed by atoms with Gasteiger partial charge in [-0.05, 0) is 6.07 Å². The first kappa shape index (κ1) is 13.8. The van der Waals surface area contributed by atoms with Crippen LogP contribution in [0.1, 0.15) is 5.69 Å². The van der Waals surface area contributed by atoms with Crippen LogP contribution >= 0.6 is 0 Å². The number of hydrogen-bond acceptors (Lipinski definition) is 4. The summed E-state index contributed by atoms with van der Waals surface area (Å²) in [5, 5.41) is 0.